The normalized spacial score (nSPS) is 12.2. The Morgan fingerprint density at radius 3 is 2.11 bits per heavy atom. The van der Waals surface area contributed by atoms with Crippen molar-refractivity contribution in [2.45, 2.75) is 44.6 Å². The van der Waals surface area contributed by atoms with Crippen LogP contribution >= 0.6 is 0 Å². The Morgan fingerprint density at radius 2 is 1.56 bits per heavy atom. The van der Waals surface area contributed by atoms with E-state index in [0.29, 0.717) is 23.1 Å². The fourth-order valence-corrected chi connectivity index (χ4v) is 5.27. The van der Waals surface area contributed by atoms with Crippen LogP contribution < -0.4 is 19.1 Å². The molecule has 36 heavy (non-hydrogen) atoms. The predicted molar refractivity (Wildman–Crippen MR) is 142 cm³/mol. The number of benzene rings is 3. The molecule has 1 N–H and O–H groups in total. The number of amides is 1. The van der Waals surface area contributed by atoms with Gasteiger partial charge in [0.2, 0.25) is 5.91 Å². The van der Waals surface area contributed by atoms with Crippen LogP contribution in [0, 0.1) is 6.92 Å². The van der Waals surface area contributed by atoms with Crippen molar-refractivity contribution in [1.29, 1.82) is 0 Å². The second-order valence-corrected chi connectivity index (χ2v) is 10.8. The molecule has 0 aliphatic carbocycles. The molecule has 0 heterocycles. The summed E-state index contributed by atoms with van der Waals surface area (Å²) in [5, 5.41) is 2.90. The highest BCUT2D eigenvalue weighted by molar-refractivity contribution is 7.92. The first-order chi connectivity index (χ1) is 17.1. The topological polar surface area (TPSA) is 84.9 Å². The zero-order valence-electron chi connectivity index (χ0n) is 21.6. The maximum Gasteiger partial charge on any atom is 0.264 e. The third-order valence-electron chi connectivity index (χ3n) is 6.02. The number of nitrogens with zero attached hydrogens (tertiary/aromatic N) is 1. The van der Waals surface area contributed by atoms with Crippen molar-refractivity contribution in [3.8, 4) is 11.5 Å². The summed E-state index contributed by atoms with van der Waals surface area (Å²) in [5.74, 6) is 1.07. The summed E-state index contributed by atoms with van der Waals surface area (Å²) < 4.78 is 39.2. The maximum absolute atomic E-state index is 13.6. The van der Waals surface area contributed by atoms with Gasteiger partial charge in [-0.2, -0.15) is 0 Å². The maximum atomic E-state index is 13.6. The van der Waals surface area contributed by atoms with Gasteiger partial charge in [-0.05, 0) is 67.8 Å². The van der Waals surface area contributed by atoms with Crippen LogP contribution in [0.5, 0.6) is 11.5 Å². The van der Waals surface area contributed by atoms with Crippen LogP contribution in [-0.4, -0.2) is 35.1 Å². The number of ether oxygens (including phenoxy) is 2. The SMILES string of the molecule is COc1ccc(OC)c(C(C)NC(=O)CN(c2ccc(C(C)C)cc2)S(=O)(=O)c2ccc(C)cc2)c1. The smallest absolute Gasteiger partial charge is 0.264 e. The molecule has 7 nitrogen and oxygen atoms in total. The van der Waals surface area contributed by atoms with Crippen LogP contribution in [0.3, 0.4) is 0 Å². The number of hydrogen-bond acceptors (Lipinski definition) is 5. The fraction of sp³-hybridized carbons (Fsp3) is 0.321. The summed E-state index contributed by atoms with van der Waals surface area (Å²) in [4.78, 5) is 13.3. The lowest BCUT2D eigenvalue weighted by Crippen LogP contribution is -2.41. The first-order valence-electron chi connectivity index (χ1n) is 11.8. The Morgan fingerprint density at radius 1 is 0.917 bits per heavy atom. The van der Waals surface area contributed by atoms with Crippen molar-refractivity contribution < 1.29 is 22.7 Å². The molecule has 0 spiro atoms. The van der Waals surface area contributed by atoms with Gasteiger partial charge in [0.1, 0.15) is 18.0 Å². The molecule has 1 atom stereocenters. The van der Waals surface area contributed by atoms with E-state index in [1.807, 2.05) is 26.0 Å². The Labute approximate surface area is 214 Å². The van der Waals surface area contributed by atoms with Crippen LogP contribution in [0.2, 0.25) is 0 Å². The van der Waals surface area contributed by atoms with Gasteiger partial charge >= 0.3 is 0 Å². The number of hydrogen-bond donors (Lipinski definition) is 1. The van der Waals surface area contributed by atoms with E-state index < -0.39 is 22.0 Å². The van der Waals surface area contributed by atoms with Crippen LogP contribution in [-0.2, 0) is 14.8 Å². The second-order valence-electron chi connectivity index (χ2n) is 8.97. The molecule has 3 aromatic carbocycles. The molecule has 0 saturated heterocycles. The lowest BCUT2D eigenvalue weighted by atomic mass is 10.0. The molecular weight excluding hydrogens is 476 g/mol. The van der Waals surface area contributed by atoms with Crippen molar-refractivity contribution in [2.24, 2.45) is 0 Å². The predicted octanol–water partition coefficient (Wildman–Crippen LogP) is 5.21. The molecule has 3 rings (SSSR count). The Hall–Kier alpha value is -3.52. The Balaban J connectivity index is 1.92. The van der Waals surface area contributed by atoms with Crippen molar-refractivity contribution in [1.82, 2.24) is 5.32 Å². The number of carbonyl (C=O) groups excluding carboxylic acids is 1. The molecule has 0 aliphatic rings. The number of aryl methyl sites for hydroxylation is 1. The molecule has 1 unspecified atom stereocenters. The molecule has 0 radical (unpaired) electrons. The molecular formula is C28H34N2O5S. The van der Waals surface area contributed by atoms with E-state index in [9.17, 15) is 13.2 Å². The summed E-state index contributed by atoms with van der Waals surface area (Å²) in [6, 6.07) is 18.7. The molecule has 0 saturated carbocycles. The van der Waals surface area contributed by atoms with Crippen LogP contribution in [0.15, 0.2) is 71.6 Å². The summed E-state index contributed by atoms with van der Waals surface area (Å²) in [6.45, 7) is 7.45. The highest BCUT2D eigenvalue weighted by Gasteiger charge is 2.28. The van der Waals surface area contributed by atoms with Gasteiger partial charge in [-0.15, -0.1) is 0 Å². The minimum absolute atomic E-state index is 0.122. The Bertz CT molecular complexity index is 1290. The number of sulfonamides is 1. The van der Waals surface area contributed by atoms with E-state index in [0.717, 1.165) is 21.0 Å². The summed E-state index contributed by atoms with van der Waals surface area (Å²) in [6.07, 6.45) is 0. The molecule has 8 heteroatoms. The molecule has 192 valence electrons. The van der Waals surface area contributed by atoms with Crippen LogP contribution in [0.1, 0.15) is 49.4 Å². The van der Waals surface area contributed by atoms with Gasteiger partial charge in [0.25, 0.3) is 10.0 Å². The van der Waals surface area contributed by atoms with Gasteiger partial charge in [0, 0.05) is 5.56 Å². The minimum atomic E-state index is -4.00. The lowest BCUT2D eigenvalue weighted by molar-refractivity contribution is -0.120. The number of methoxy groups -OCH3 is 2. The van der Waals surface area contributed by atoms with E-state index in [1.54, 1.807) is 68.8 Å². The second kappa shape index (κ2) is 11.5. The quantitative estimate of drug-likeness (QED) is 0.405. The van der Waals surface area contributed by atoms with Crippen molar-refractivity contribution in [3.63, 3.8) is 0 Å². The third kappa shape index (κ3) is 6.18. The zero-order valence-corrected chi connectivity index (χ0v) is 22.4. The summed E-state index contributed by atoms with van der Waals surface area (Å²) in [5.41, 5.74) is 3.16. The number of rotatable bonds is 10. The fourth-order valence-electron chi connectivity index (χ4n) is 3.85. The van der Waals surface area contributed by atoms with E-state index >= 15 is 0 Å². The molecule has 0 bridgehead atoms. The molecule has 0 fully saturated rings. The van der Waals surface area contributed by atoms with Gasteiger partial charge < -0.3 is 14.8 Å². The van der Waals surface area contributed by atoms with Crippen molar-refractivity contribution in [3.05, 3.63) is 83.4 Å². The van der Waals surface area contributed by atoms with E-state index in [2.05, 4.69) is 19.2 Å². The van der Waals surface area contributed by atoms with Crippen LogP contribution in [0.4, 0.5) is 5.69 Å². The average Bonchev–Trinajstić information content (AvgIpc) is 2.87. The Kier molecular flexibility index (Phi) is 8.63. The molecule has 0 aliphatic heterocycles. The van der Waals surface area contributed by atoms with Gasteiger partial charge in [0.05, 0.1) is 30.8 Å². The lowest BCUT2D eigenvalue weighted by Gasteiger charge is -2.26. The largest absolute Gasteiger partial charge is 0.497 e. The third-order valence-corrected chi connectivity index (χ3v) is 7.81. The van der Waals surface area contributed by atoms with Crippen molar-refractivity contribution in [2.75, 3.05) is 25.1 Å². The monoisotopic (exact) mass is 510 g/mol. The standard InChI is InChI=1S/C28H34N2O5S/c1-19(2)22-9-11-23(12-10-22)30(36(32,33)25-14-7-20(3)8-15-25)18-28(31)29-21(4)26-17-24(34-5)13-16-27(26)35-6/h7-17,19,21H,18H2,1-6H3,(H,29,31). The van der Waals surface area contributed by atoms with Gasteiger partial charge in [-0.1, -0.05) is 43.7 Å². The van der Waals surface area contributed by atoms with Crippen molar-refractivity contribution >= 4 is 21.6 Å². The van der Waals surface area contributed by atoms with E-state index in [4.69, 9.17) is 9.47 Å². The first-order valence-corrected chi connectivity index (χ1v) is 13.2. The highest BCUT2D eigenvalue weighted by Crippen LogP contribution is 2.30. The van der Waals surface area contributed by atoms with E-state index in [1.165, 1.54) is 0 Å². The molecule has 1 amide bonds. The number of carbonyl (C=O) groups is 1. The zero-order chi connectivity index (χ0) is 26.5. The van der Waals surface area contributed by atoms with Gasteiger partial charge in [0.15, 0.2) is 0 Å². The minimum Gasteiger partial charge on any atom is -0.497 e. The molecule has 0 aromatic heterocycles. The first kappa shape index (κ1) is 27.1. The average molecular weight is 511 g/mol. The van der Waals surface area contributed by atoms with Gasteiger partial charge in [-0.25, -0.2) is 8.42 Å². The number of anilines is 1. The molecule has 3 aromatic rings. The van der Waals surface area contributed by atoms with Crippen LogP contribution in [0.25, 0.3) is 0 Å². The number of nitrogens with one attached hydrogen (secondary N) is 1. The van der Waals surface area contributed by atoms with E-state index in [-0.39, 0.29) is 11.4 Å². The summed E-state index contributed by atoms with van der Waals surface area (Å²) in [7, 11) is -0.880. The highest BCUT2D eigenvalue weighted by atomic mass is 32.2. The van der Waals surface area contributed by atoms with Gasteiger partial charge in [-0.3, -0.25) is 9.10 Å². The summed E-state index contributed by atoms with van der Waals surface area (Å²) >= 11 is 0.